The molecule has 1 fully saturated rings. The summed E-state index contributed by atoms with van der Waals surface area (Å²) in [7, 11) is 0. The molecule has 6 nitrogen and oxygen atoms in total. The maximum atomic E-state index is 13.3. The minimum absolute atomic E-state index is 0.0264. The number of nitrogens with zero attached hydrogens (tertiary/aromatic N) is 1. The number of hydrogen-bond acceptors (Lipinski definition) is 4. The van der Waals surface area contributed by atoms with Gasteiger partial charge in [0, 0.05) is 28.9 Å². The number of aliphatic hydroxyl groups is 1. The van der Waals surface area contributed by atoms with Gasteiger partial charge in [0.25, 0.3) is 11.7 Å². The van der Waals surface area contributed by atoms with Crippen LogP contribution in [0.5, 0.6) is 0 Å². The van der Waals surface area contributed by atoms with Gasteiger partial charge in [-0.05, 0) is 47.9 Å². The fourth-order valence-electron chi connectivity index (χ4n) is 4.08. The Morgan fingerprint density at radius 1 is 1.03 bits per heavy atom. The minimum Gasteiger partial charge on any atom is -0.507 e. The van der Waals surface area contributed by atoms with E-state index in [0.717, 1.165) is 12.0 Å². The van der Waals surface area contributed by atoms with Gasteiger partial charge in [-0.15, -0.1) is 0 Å². The van der Waals surface area contributed by atoms with Crippen molar-refractivity contribution >= 4 is 46.3 Å². The number of hydrogen-bond donors (Lipinski definition) is 2. The van der Waals surface area contributed by atoms with Crippen LogP contribution in [0.15, 0.2) is 78.4 Å². The van der Waals surface area contributed by atoms with Gasteiger partial charge >= 0.3 is 0 Å². The van der Waals surface area contributed by atoms with E-state index in [1.807, 2.05) is 31.2 Å². The Morgan fingerprint density at radius 2 is 1.74 bits per heavy atom. The van der Waals surface area contributed by atoms with Crippen LogP contribution in [0.1, 0.15) is 36.6 Å². The van der Waals surface area contributed by atoms with Gasteiger partial charge < -0.3 is 10.4 Å². The zero-order chi connectivity index (χ0) is 24.4. The Kier molecular flexibility index (Phi) is 6.52. The number of Topliss-reactive ketones (excluding diaryl/α,β-unsaturated/α-hetero) is 1. The molecule has 2 N–H and O–H groups in total. The Hall–Kier alpha value is -3.90. The number of carbonyl (C=O) groups excluding carboxylic acids is 3. The number of aliphatic hydroxyl groups excluding tert-OH is 1. The zero-order valence-corrected chi connectivity index (χ0v) is 19.5. The minimum atomic E-state index is -0.863. The molecule has 1 atom stereocenters. The Balaban J connectivity index is 1.92. The van der Waals surface area contributed by atoms with Crippen LogP contribution in [-0.2, 0) is 20.8 Å². The highest BCUT2D eigenvalue weighted by Crippen LogP contribution is 2.42. The van der Waals surface area contributed by atoms with Crippen molar-refractivity contribution in [2.45, 2.75) is 26.3 Å². The summed E-state index contributed by atoms with van der Waals surface area (Å²) in [6.45, 7) is 3.42. The van der Waals surface area contributed by atoms with Gasteiger partial charge in [0.1, 0.15) is 5.76 Å². The van der Waals surface area contributed by atoms with E-state index in [0.29, 0.717) is 27.5 Å². The largest absolute Gasteiger partial charge is 0.507 e. The first-order valence-corrected chi connectivity index (χ1v) is 11.2. The predicted octanol–water partition coefficient (Wildman–Crippen LogP) is 5.49. The lowest BCUT2D eigenvalue weighted by Gasteiger charge is -2.26. The SMILES string of the molecule is CCc1ccc(C2/C(=C(\O)c3cccc(Cl)c3)C(=O)C(=O)N2c2cccc(NC(C)=O)c2)cc1. The van der Waals surface area contributed by atoms with Gasteiger partial charge in [0.05, 0.1) is 11.6 Å². The molecule has 7 heteroatoms. The van der Waals surface area contributed by atoms with Gasteiger partial charge in [0.15, 0.2) is 0 Å². The maximum Gasteiger partial charge on any atom is 0.300 e. The average molecular weight is 475 g/mol. The summed E-state index contributed by atoms with van der Waals surface area (Å²) in [6.07, 6.45) is 0.835. The quantitative estimate of drug-likeness (QED) is 0.291. The Bertz CT molecular complexity index is 1310. The second kappa shape index (κ2) is 9.53. The molecule has 0 spiro atoms. The highest BCUT2D eigenvalue weighted by atomic mass is 35.5. The number of aryl methyl sites for hydroxylation is 1. The number of halogens is 1. The number of rotatable bonds is 5. The van der Waals surface area contributed by atoms with Gasteiger partial charge in [-0.25, -0.2) is 0 Å². The van der Waals surface area contributed by atoms with E-state index in [4.69, 9.17) is 11.6 Å². The van der Waals surface area contributed by atoms with Crippen molar-refractivity contribution in [1.82, 2.24) is 0 Å². The molecule has 1 aliphatic rings. The molecule has 0 bridgehead atoms. The summed E-state index contributed by atoms with van der Waals surface area (Å²) < 4.78 is 0. The highest BCUT2D eigenvalue weighted by Gasteiger charge is 2.47. The Morgan fingerprint density at radius 3 is 2.38 bits per heavy atom. The summed E-state index contributed by atoms with van der Waals surface area (Å²) in [4.78, 5) is 39.4. The summed E-state index contributed by atoms with van der Waals surface area (Å²) in [5.41, 5.74) is 2.99. The lowest BCUT2D eigenvalue weighted by atomic mass is 9.94. The fraction of sp³-hybridized carbons (Fsp3) is 0.148. The van der Waals surface area contributed by atoms with Crippen LogP contribution in [0.3, 0.4) is 0 Å². The van der Waals surface area contributed by atoms with Crippen LogP contribution in [0.2, 0.25) is 5.02 Å². The number of amides is 2. The Labute approximate surface area is 202 Å². The number of anilines is 2. The predicted molar refractivity (Wildman–Crippen MR) is 133 cm³/mol. The van der Waals surface area contributed by atoms with Crippen LogP contribution < -0.4 is 10.2 Å². The smallest absolute Gasteiger partial charge is 0.300 e. The number of benzene rings is 3. The van der Waals surface area contributed by atoms with Crippen LogP contribution in [0.25, 0.3) is 5.76 Å². The summed E-state index contributed by atoms with van der Waals surface area (Å²) in [6, 6.07) is 19.9. The van der Waals surface area contributed by atoms with Gasteiger partial charge in [0.2, 0.25) is 5.91 Å². The first-order valence-electron chi connectivity index (χ1n) is 10.8. The molecule has 34 heavy (non-hydrogen) atoms. The summed E-state index contributed by atoms with van der Waals surface area (Å²) in [5, 5.41) is 14.3. The van der Waals surface area contributed by atoms with Gasteiger partial charge in [-0.2, -0.15) is 0 Å². The molecular weight excluding hydrogens is 452 g/mol. The van der Waals surface area contributed by atoms with Crippen LogP contribution in [-0.4, -0.2) is 22.7 Å². The molecule has 0 aromatic heterocycles. The fourth-order valence-corrected chi connectivity index (χ4v) is 4.27. The molecule has 1 saturated heterocycles. The number of carbonyl (C=O) groups is 3. The molecule has 1 unspecified atom stereocenters. The first-order chi connectivity index (χ1) is 16.3. The molecule has 2 amide bonds. The van der Waals surface area contributed by atoms with E-state index in [-0.39, 0.29) is 17.2 Å². The van der Waals surface area contributed by atoms with E-state index in [9.17, 15) is 19.5 Å². The van der Waals surface area contributed by atoms with Crippen LogP contribution in [0.4, 0.5) is 11.4 Å². The van der Waals surface area contributed by atoms with E-state index in [1.165, 1.54) is 11.8 Å². The monoisotopic (exact) mass is 474 g/mol. The van der Waals surface area contributed by atoms with Crippen molar-refractivity contribution in [2.75, 3.05) is 10.2 Å². The summed E-state index contributed by atoms with van der Waals surface area (Å²) >= 11 is 6.10. The normalized spacial score (nSPS) is 17.1. The van der Waals surface area contributed by atoms with Crippen molar-refractivity contribution in [3.05, 3.63) is 100 Å². The topological polar surface area (TPSA) is 86.7 Å². The highest BCUT2D eigenvalue weighted by molar-refractivity contribution is 6.51. The molecule has 3 aromatic rings. The zero-order valence-electron chi connectivity index (χ0n) is 18.7. The van der Waals surface area contributed by atoms with Crippen LogP contribution in [0, 0.1) is 0 Å². The molecule has 1 heterocycles. The lowest BCUT2D eigenvalue weighted by molar-refractivity contribution is -0.132. The molecule has 4 rings (SSSR count). The van der Waals surface area contributed by atoms with Crippen molar-refractivity contribution in [1.29, 1.82) is 0 Å². The maximum absolute atomic E-state index is 13.3. The van der Waals surface area contributed by atoms with E-state index < -0.39 is 17.7 Å². The molecule has 172 valence electrons. The van der Waals surface area contributed by atoms with Crippen LogP contribution >= 0.6 is 11.6 Å². The van der Waals surface area contributed by atoms with Gasteiger partial charge in [-0.3, -0.25) is 19.3 Å². The summed E-state index contributed by atoms with van der Waals surface area (Å²) in [5.74, 6) is -2.13. The second-order valence-electron chi connectivity index (χ2n) is 8.01. The van der Waals surface area contributed by atoms with Gasteiger partial charge in [-0.1, -0.05) is 61.0 Å². The third-order valence-electron chi connectivity index (χ3n) is 5.69. The first kappa shape index (κ1) is 23.3. The molecule has 3 aromatic carbocycles. The van der Waals surface area contributed by atoms with Crippen molar-refractivity contribution in [3.63, 3.8) is 0 Å². The molecule has 0 saturated carbocycles. The number of ketones is 1. The van der Waals surface area contributed by atoms with Crippen molar-refractivity contribution in [2.24, 2.45) is 0 Å². The van der Waals surface area contributed by atoms with E-state index >= 15 is 0 Å². The number of nitrogens with one attached hydrogen (secondary N) is 1. The molecule has 1 aliphatic heterocycles. The average Bonchev–Trinajstić information content (AvgIpc) is 3.09. The molecular formula is C27H23ClN2O4. The lowest BCUT2D eigenvalue weighted by Crippen LogP contribution is -2.29. The van der Waals surface area contributed by atoms with Crippen molar-refractivity contribution < 1.29 is 19.5 Å². The standard InChI is InChI=1S/C27H23ClN2O4/c1-3-17-10-12-18(13-11-17)24-23(25(32)19-6-4-7-20(28)14-19)26(33)27(34)30(24)22-9-5-8-21(15-22)29-16(2)31/h4-15,24,32H,3H2,1-2H3,(H,29,31)/b25-23+. The molecule has 0 radical (unpaired) electrons. The third-order valence-corrected chi connectivity index (χ3v) is 5.93. The van der Waals surface area contributed by atoms with E-state index in [1.54, 1.807) is 48.5 Å². The van der Waals surface area contributed by atoms with Crippen molar-refractivity contribution in [3.8, 4) is 0 Å². The second-order valence-corrected chi connectivity index (χ2v) is 8.44. The van der Waals surface area contributed by atoms with E-state index in [2.05, 4.69) is 5.32 Å². The third kappa shape index (κ3) is 4.45. The molecule has 0 aliphatic carbocycles.